The number of hydrogen-bond acceptors (Lipinski definition) is 5. The van der Waals surface area contributed by atoms with Gasteiger partial charge < -0.3 is 14.8 Å². The normalized spacial score (nSPS) is 17.7. The van der Waals surface area contributed by atoms with Crippen molar-refractivity contribution in [1.29, 1.82) is 0 Å². The Hall–Kier alpha value is -2.90. The number of piperidine rings is 1. The predicted octanol–water partition coefficient (Wildman–Crippen LogP) is 3.01. The molecule has 0 spiro atoms. The largest absolute Gasteiger partial charge is 0.354 e. The minimum atomic E-state index is -0.158. The summed E-state index contributed by atoms with van der Waals surface area (Å²) < 4.78 is 3.96. The molecule has 154 valence electrons. The number of carbonyl (C=O) groups is 1. The molecule has 4 rings (SSSR count). The first kappa shape index (κ1) is 19.4. The van der Waals surface area contributed by atoms with Gasteiger partial charge in [0.1, 0.15) is 17.8 Å². The van der Waals surface area contributed by atoms with Crippen LogP contribution < -0.4 is 10.2 Å². The number of aromatic nitrogens is 5. The van der Waals surface area contributed by atoms with E-state index in [1.165, 1.54) is 0 Å². The minimum Gasteiger partial charge on any atom is -0.354 e. The van der Waals surface area contributed by atoms with Crippen LogP contribution in [0.1, 0.15) is 62.3 Å². The van der Waals surface area contributed by atoms with Crippen molar-refractivity contribution < 1.29 is 4.79 Å². The summed E-state index contributed by atoms with van der Waals surface area (Å²) in [5.74, 6) is 0.842. The summed E-state index contributed by atoms with van der Waals surface area (Å²) in [6.07, 6.45) is 6.79. The van der Waals surface area contributed by atoms with Crippen molar-refractivity contribution in [2.75, 3.05) is 18.5 Å². The van der Waals surface area contributed by atoms with Gasteiger partial charge >= 0.3 is 0 Å². The van der Waals surface area contributed by atoms with E-state index in [0.717, 1.165) is 48.4 Å². The van der Waals surface area contributed by atoms with Gasteiger partial charge in [0.25, 0.3) is 5.91 Å². The third-order valence-corrected chi connectivity index (χ3v) is 5.72. The third kappa shape index (κ3) is 3.26. The summed E-state index contributed by atoms with van der Waals surface area (Å²) >= 11 is 0. The molecule has 29 heavy (non-hydrogen) atoms. The number of carbonyl (C=O) groups excluding carboxylic acids is 1. The van der Waals surface area contributed by atoms with Crippen molar-refractivity contribution >= 4 is 22.8 Å². The van der Waals surface area contributed by atoms with Gasteiger partial charge in [-0.1, -0.05) is 0 Å². The maximum atomic E-state index is 12.2. The lowest BCUT2D eigenvalue weighted by atomic mass is 9.99. The van der Waals surface area contributed by atoms with Gasteiger partial charge in [0.2, 0.25) is 0 Å². The van der Waals surface area contributed by atoms with Crippen LogP contribution in [0.4, 0.5) is 5.82 Å². The Bertz CT molecular complexity index is 1040. The third-order valence-electron chi connectivity index (χ3n) is 5.72. The Balaban J connectivity index is 1.79. The van der Waals surface area contributed by atoms with Crippen LogP contribution in [0.25, 0.3) is 11.0 Å². The monoisotopic (exact) mass is 395 g/mol. The molecule has 1 saturated heterocycles. The zero-order valence-corrected chi connectivity index (χ0v) is 17.8. The van der Waals surface area contributed by atoms with Gasteiger partial charge in [0.15, 0.2) is 5.65 Å². The highest BCUT2D eigenvalue weighted by atomic mass is 16.1. The molecule has 8 nitrogen and oxygen atoms in total. The smallest absolute Gasteiger partial charge is 0.267 e. The maximum absolute atomic E-state index is 12.2. The zero-order valence-electron chi connectivity index (χ0n) is 17.8. The highest BCUT2D eigenvalue weighted by molar-refractivity contribution is 5.92. The van der Waals surface area contributed by atoms with E-state index in [1.54, 1.807) is 13.4 Å². The predicted molar refractivity (Wildman–Crippen MR) is 113 cm³/mol. The average Bonchev–Trinajstić information content (AvgIpc) is 3.31. The Morgan fingerprint density at radius 3 is 2.72 bits per heavy atom. The summed E-state index contributed by atoms with van der Waals surface area (Å²) in [5.41, 5.74) is 2.49. The Kier molecular flexibility index (Phi) is 4.80. The standard InChI is InChI=1S/C21H29N7O/c1-21(2,3)28-19-14(12-25-28)18(23-13-24-19)27-11-7-6-8-16(27)15-9-10-17(26(15)5)20(29)22-4/h9-10,12-13,16H,6-8,11H2,1-5H3,(H,22,29). The molecule has 0 aliphatic carbocycles. The lowest BCUT2D eigenvalue weighted by Gasteiger charge is -2.37. The highest BCUT2D eigenvalue weighted by Crippen LogP contribution is 2.37. The van der Waals surface area contributed by atoms with E-state index in [9.17, 15) is 4.79 Å². The second-order valence-electron chi connectivity index (χ2n) is 8.65. The lowest BCUT2D eigenvalue weighted by Crippen LogP contribution is -2.35. The fourth-order valence-corrected chi connectivity index (χ4v) is 4.26. The molecular formula is C21H29N7O. The summed E-state index contributed by atoms with van der Waals surface area (Å²) in [5, 5.41) is 8.29. The van der Waals surface area contributed by atoms with Gasteiger partial charge in [-0.15, -0.1) is 0 Å². The van der Waals surface area contributed by atoms with Crippen LogP contribution in [0.15, 0.2) is 24.7 Å². The Morgan fingerprint density at radius 1 is 1.21 bits per heavy atom. The summed E-state index contributed by atoms with van der Waals surface area (Å²) in [6.45, 7) is 7.28. The number of nitrogens with one attached hydrogen (secondary N) is 1. The molecule has 1 atom stereocenters. The SMILES string of the molecule is CNC(=O)c1ccc(C2CCCCN2c2ncnc3c2cnn3C(C)(C)C)n1C. The van der Waals surface area contributed by atoms with E-state index in [4.69, 9.17) is 0 Å². The van der Waals surface area contributed by atoms with Crippen molar-refractivity contribution in [3.63, 3.8) is 0 Å². The molecule has 1 unspecified atom stereocenters. The van der Waals surface area contributed by atoms with Crippen molar-refractivity contribution in [2.24, 2.45) is 7.05 Å². The topological polar surface area (TPSA) is 80.9 Å². The molecule has 3 aromatic rings. The van der Waals surface area contributed by atoms with Gasteiger partial charge in [-0.2, -0.15) is 5.10 Å². The minimum absolute atomic E-state index is 0.0722. The van der Waals surface area contributed by atoms with Gasteiger partial charge in [-0.3, -0.25) is 4.79 Å². The Labute approximate surface area is 170 Å². The average molecular weight is 396 g/mol. The molecule has 1 fully saturated rings. The first-order valence-electron chi connectivity index (χ1n) is 10.2. The van der Waals surface area contributed by atoms with Crippen molar-refractivity contribution in [1.82, 2.24) is 29.6 Å². The van der Waals surface area contributed by atoms with Crippen LogP contribution in [-0.4, -0.2) is 43.8 Å². The number of nitrogens with zero attached hydrogens (tertiary/aromatic N) is 6. The molecule has 0 aromatic carbocycles. The second-order valence-corrected chi connectivity index (χ2v) is 8.65. The van der Waals surface area contributed by atoms with E-state index < -0.39 is 0 Å². The molecule has 3 aromatic heterocycles. The molecule has 0 saturated carbocycles. The van der Waals surface area contributed by atoms with Crippen molar-refractivity contribution in [2.45, 2.75) is 51.6 Å². The van der Waals surface area contributed by atoms with Crippen LogP contribution >= 0.6 is 0 Å². The van der Waals surface area contributed by atoms with Crippen LogP contribution in [-0.2, 0) is 12.6 Å². The quantitative estimate of drug-likeness (QED) is 0.737. The fourth-order valence-electron chi connectivity index (χ4n) is 4.26. The maximum Gasteiger partial charge on any atom is 0.267 e. The molecule has 1 amide bonds. The number of amides is 1. The lowest BCUT2D eigenvalue weighted by molar-refractivity contribution is 0.0954. The zero-order chi connectivity index (χ0) is 20.8. The van der Waals surface area contributed by atoms with Crippen LogP contribution in [0, 0.1) is 0 Å². The van der Waals surface area contributed by atoms with Gasteiger partial charge in [0, 0.05) is 26.3 Å². The Morgan fingerprint density at radius 2 is 2.00 bits per heavy atom. The first-order valence-corrected chi connectivity index (χ1v) is 10.2. The molecule has 1 aliphatic rings. The molecule has 4 heterocycles. The fraction of sp³-hybridized carbons (Fsp3) is 0.524. The van der Waals surface area contributed by atoms with Crippen molar-refractivity contribution in [3.05, 3.63) is 36.0 Å². The van der Waals surface area contributed by atoms with Gasteiger partial charge in [-0.05, 0) is 52.2 Å². The summed E-state index contributed by atoms with van der Waals surface area (Å²) in [7, 11) is 3.62. The molecule has 0 radical (unpaired) electrons. The van der Waals surface area contributed by atoms with Gasteiger partial charge in [-0.25, -0.2) is 14.6 Å². The number of hydrogen-bond donors (Lipinski definition) is 1. The molecule has 1 N–H and O–H groups in total. The highest BCUT2D eigenvalue weighted by Gasteiger charge is 2.30. The molecule has 8 heteroatoms. The van der Waals surface area contributed by atoms with E-state index in [0.29, 0.717) is 5.69 Å². The first-order chi connectivity index (χ1) is 13.8. The van der Waals surface area contributed by atoms with E-state index >= 15 is 0 Å². The van der Waals surface area contributed by atoms with Crippen LogP contribution in [0.2, 0.25) is 0 Å². The van der Waals surface area contributed by atoms with Crippen LogP contribution in [0.5, 0.6) is 0 Å². The summed E-state index contributed by atoms with van der Waals surface area (Å²) in [6, 6.07) is 4.11. The van der Waals surface area contributed by atoms with Gasteiger partial charge in [0.05, 0.1) is 23.2 Å². The molecular weight excluding hydrogens is 366 g/mol. The number of fused-ring (bicyclic) bond motifs is 1. The van der Waals surface area contributed by atoms with Crippen LogP contribution in [0.3, 0.4) is 0 Å². The van der Waals surface area contributed by atoms with E-state index in [-0.39, 0.29) is 17.5 Å². The number of rotatable bonds is 3. The van der Waals surface area contributed by atoms with E-state index in [2.05, 4.69) is 52.1 Å². The summed E-state index contributed by atoms with van der Waals surface area (Å²) in [4.78, 5) is 23.7. The van der Waals surface area contributed by atoms with E-state index in [1.807, 2.05) is 28.6 Å². The molecule has 0 bridgehead atoms. The second kappa shape index (κ2) is 7.17. The number of anilines is 1. The van der Waals surface area contributed by atoms with Crippen molar-refractivity contribution in [3.8, 4) is 0 Å². The molecule has 1 aliphatic heterocycles.